The predicted octanol–water partition coefficient (Wildman–Crippen LogP) is 2.06. The van der Waals surface area contributed by atoms with Crippen LogP contribution in [-0.4, -0.2) is 65.0 Å². The molecule has 0 radical (unpaired) electrons. The number of ether oxygens (including phenoxy) is 1. The summed E-state index contributed by atoms with van der Waals surface area (Å²) < 4.78 is 5.05. The molecule has 2 N–H and O–H groups in total. The summed E-state index contributed by atoms with van der Waals surface area (Å²) in [6.45, 7) is 1.72. The van der Waals surface area contributed by atoms with Crippen molar-refractivity contribution >= 4 is 29.2 Å². The Labute approximate surface area is 166 Å². The predicted molar refractivity (Wildman–Crippen MR) is 101 cm³/mol. The van der Waals surface area contributed by atoms with E-state index in [0.29, 0.717) is 42.5 Å². The van der Waals surface area contributed by atoms with Gasteiger partial charge in [0.2, 0.25) is 0 Å². The van der Waals surface area contributed by atoms with E-state index in [-0.39, 0.29) is 30.3 Å². The van der Waals surface area contributed by atoms with Crippen LogP contribution < -0.4 is 5.32 Å². The van der Waals surface area contributed by atoms with Crippen molar-refractivity contribution in [1.82, 2.24) is 20.2 Å². The number of rotatable bonds is 4. The van der Waals surface area contributed by atoms with Gasteiger partial charge in [0.15, 0.2) is 5.69 Å². The summed E-state index contributed by atoms with van der Waals surface area (Å²) in [6, 6.07) is 6.69. The molecule has 1 fully saturated rings. The summed E-state index contributed by atoms with van der Waals surface area (Å²) in [4.78, 5) is 32.5. The highest BCUT2D eigenvalue weighted by atomic mass is 35.5. The molecular weight excluding hydrogens is 386 g/mol. The molecule has 2 aliphatic heterocycles. The van der Waals surface area contributed by atoms with Crippen molar-refractivity contribution in [3.05, 3.63) is 46.2 Å². The van der Waals surface area contributed by atoms with Crippen LogP contribution in [0.2, 0.25) is 5.02 Å². The number of nitrogens with one attached hydrogen (secondary N) is 2. The molecule has 0 atom stereocenters. The third-order valence-corrected chi connectivity index (χ3v) is 4.93. The summed E-state index contributed by atoms with van der Waals surface area (Å²) in [5.41, 5.74) is 2.44. The van der Waals surface area contributed by atoms with E-state index >= 15 is 0 Å². The number of fused-ring (bicyclic) bond motifs is 1. The lowest BCUT2D eigenvalue weighted by atomic mass is 10.1. The zero-order valence-electron chi connectivity index (χ0n) is 15.3. The van der Waals surface area contributed by atoms with Gasteiger partial charge in [0.05, 0.1) is 19.8 Å². The minimum Gasteiger partial charge on any atom is -0.376 e. The molecule has 3 amide bonds. The van der Waals surface area contributed by atoms with Gasteiger partial charge in [-0.15, -0.1) is 0 Å². The first kappa shape index (κ1) is 18.7. The van der Waals surface area contributed by atoms with Crippen molar-refractivity contribution in [2.24, 2.45) is 0 Å². The van der Waals surface area contributed by atoms with Crippen LogP contribution in [-0.2, 0) is 22.5 Å². The van der Waals surface area contributed by atoms with Crippen molar-refractivity contribution in [2.75, 3.05) is 32.1 Å². The Morgan fingerprint density at radius 2 is 2.25 bits per heavy atom. The Hall–Kier alpha value is -2.62. The van der Waals surface area contributed by atoms with Crippen molar-refractivity contribution < 1.29 is 19.2 Å². The maximum Gasteiger partial charge on any atom is 0.322 e. The zero-order valence-corrected chi connectivity index (χ0v) is 16.0. The number of anilines is 1. The number of aromatic nitrogens is 2. The molecule has 9 nitrogen and oxygen atoms in total. The fraction of sp³-hybridized carbons (Fsp3) is 0.389. The van der Waals surface area contributed by atoms with Gasteiger partial charge in [-0.3, -0.25) is 14.7 Å². The molecule has 1 saturated heterocycles. The highest BCUT2D eigenvalue weighted by molar-refractivity contribution is 6.30. The van der Waals surface area contributed by atoms with Gasteiger partial charge in [-0.1, -0.05) is 17.7 Å². The first-order valence-electron chi connectivity index (χ1n) is 8.91. The van der Waals surface area contributed by atoms with Gasteiger partial charge in [0.25, 0.3) is 5.91 Å². The van der Waals surface area contributed by atoms with Gasteiger partial charge in [-0.25, -0.2) is 9.86 Å². The number of H-pyrrole nitrogens is 1. The average molecular weight is 406 g/mol. The highest BCUT2D eigenvalue weighted by Gasteiger charge is 2.31. The van der Waals surface area contributed by atoms with E-state index in [9.17, 15) is 9.59 Å². The van der Waals surface area contributed by atoms with Crippen molar-refractivity contribution in [3.63, 3.8) is 0 Å². The molecule has 28 heavy (non-hydrogen) atoms. The number of benzene rings is 1. The average Bonchev–Trinajstić information content (AvgIpc) is 3.07. The van der Waals surface area contributed by atoms with Gasteiger partial charge in [-0.05, 0) is 18.2 Å². The summed E-state index contributed by atoms with van der Waals surface area (Å²) in [5, 5.41) is 11.6. The molecule has 2 aromatic rings. The summed E-state index contributed by atoms with van der Waals surface area (Å²) >= 11 is 5.96. The number of hydrogen-bond donors (Lipinski definition) is 2. The van der Waals surface area contributed by atoms with Crippen LogP contribution in [0.25, 0.3) is 0 Å². The topological polar surface area (TPSA) is 99.8 Å². The minimum absolute atomic E-state index is 0.122. The normalized spacial score (nSPS) is 16.3. The monoisotopic (exact) mass is 405 g/mol. The number of hydrogen-bond acceptors (Lipinski definition) is 5. The maximum absolute atomic E-state index is 12.7. The van der Waals surface area contributed by atoms with Crippen LogP contribution in [0.1, 0.15) is 21.7 Å². The first-order valence-corrected chi connectivity index (χ1v) is 9.29. The van der Waals surface area contributed by atoms with Crippen LogP contribution in [0.3, 0.4) is 0 Å². The number of halogens is 1. The van der Waals surface area contributed by atoms with Crippen LogP contribution in [0.4, 0.5) is 10.5 Å². The molecule has 1 aromatic heterocycles. The summed E-state index contributed by atoms with van der Waals surface area (Å²) in [7, 11) is 1.55. The number of aromatic amines is 1. The standard InChI is InChI=1S/C18H20ClN5O4/c1-23(28-13-9-27-10-13)17(25)16-14-8-24(6-5-15(14)21-22-16)18(26)20-12-4-2-3-11(19)7-12/h2-4,7,13H,5-6,8-10H2,1H3,(H,20,26)(H,21,22). The second-order valence-electron chi connectivity index (χ2n) is 6.71. The number of carbonyl (C=O) groups is 2. The quantitative estimate of drug-likeness (QED) is 0.758. The van der Waals surface area contributed by atoms with E-state index < -0.39 is 0 Å². The van der Waals surface area contributed by atoms with Crippen LogP contribution in [0, 0.1) is 0 Å². The van der Waals surface area contributed by atoms with E-state index in [0.717, 1.165) is 5.69 Å². The van der Waals surface area contributed by atoms with Crippen LogP contribution in [0.5, 0.6) is 0 Å². The minimum atomic E-state index is -0.360. The number of nitrogens with zero attached hydrogens (tertiary/aromatic N) is 3. The lowest BCUT2D eigenvalue weighted by Crippen LogP contribution is -2.43. The van der Waals surface area contributed by atoms with E-state index in [2.05, 4.69) is 15.5 Å². The smallest absolute Gasteiger partial charge is 0.322 e. The highest BCUT2D eigenvalue weighted by Crippen LogP contribution is 2.23. The fourth-order valence-corrected chi connectivity index (χ4v) is 3.30. The molecular formula is C18H20ClN5O4. The van der Waals surface area contributed by atoms with E-state index in [1.54, 1.807) is 36.2 Å². The van der Waals surface area contributed by atoms with Gasteiger partial charge in [0, 0.05) is 42.0 Å². The molecule has 0 bridgehead atoms. The second kappa shape index (κ2) is 7.78. The van der Waals surface area contributed by atoms with Crippen molar-refractivity contribution in [2.45, 2.75) is 19.1 Å². The molecule has 2 aliphatic rings. The number of urea groups is 1. The molecule has 148 valence electrons. The number of carbonyl (C=O) groups excluding carboxylic acids is 2. The molecule has 1 aromatic carbocycles. The molecule has 0 spiro atoms. The lowest BCUT2D eigenvalue weighted by molar-refractivity contribution is -0.226. The van der Waals surface area contributed by atoms with E-state index in [4.69, 9.17) is 21.2 Å². The molecule has 0 aliphatic carbocycles. The maximum atomic E-state index is 12.7. The van der Waals surface area contributed by atoms with Gasteiger partial charge >= 0.3 is 6.03 Å². The van der Waals surface area contributed by atoms with Crippen LogP contribution in [0.15, 0.2) is 24.3 Å². The number of hydroxylamine groups is 2. The Bertz CT molecular complexity index is 898. The van der Waals surface area contributed by atoms with E-state index in [1.165, 1.54) is 5.06 Å². The Morgan fingerprint density at radius 3 is 2.96 bits per heavy atom. The van der Waals surface area contributed by atoms with Gasteiger partial charge in [0.1, 0.15) is 6.10 Å². The van der Waals surface area contributed by atoms with Gasteiger partial charge < -0.3 is 15.0 Å². The molecule has 10 heteroatoms. The molecule has 3 heterocycles. The summed E-state index contributed by atoms with van der Waals surface area (Å²) in [5.74, 6) is -0.360. The second-order valence-corrected chi connectivity index (χ2v) is 7.15. The zero-order chi connectivity index (χ0) is 19.7. The third kappa shape index (κ3) is 3.82. The SMILES string of the molecule is CN(OC1COC1)C(=O)c1n[nH]c2c1CN(C(=O)Nc1cccc(Cl)c1)CC2. The summed E-state index contributed by atoms with van der Waals surface area (Å²) in [6.07, 6.45) is 0.461. The van der Waals surface area contributed by atoms with E-state index in [1.807, 2.05) is 0 Å². The lowest BCUT2D eigenvalue weighted by Gasteiger charge is -2.30. The van der Waals surface area contributed by atoms with Crippen LogP contribution >= 0.6 is 11.6 Å². The molecule has 0 unspecified atom stereocenters. The third-order valence-electron chi connectivity index (χ3n) is 4.70. The van der Waals surface area contributed by atoms with Crippen molar-refractivity contribution in [1.29, 1.82) is 0 Å². The van der Waals surface area contributed by atoms with Crippen molar-refractivity contribution in [3.8, 4) is 0 Å². The number of amides is 3. The van der Waals surface area contributed by atoms with Gasteiger partial charge in [-0.2, -0.15) is 5.10 Å². The Morgan fingerprint density at radius 1 is 1.43 bits per heavy atom. The molecule has 0 saturated carbocycles. The Balaban J connectivity index is 1.44. The fourth-order valence-electron chi connectivity index (χ4n) is 3.11. The first-order chi connectivity index (χ1) is 13.5. The Kier molecular flexibility index (Phi) is 5.21. The molecule has 4 rings (SSSR count). The largest absolute Gasteiger partial charge is 0.376 e.